The second-order valence-electron chi connectivity index (χ2n) is 7.09. The summed E-state index contributed by atoms with van der Waals surface area (Å²) in [5.74, 6) is 0.704. The lowest BCUT2D eigenvalue weighted by molar-refractivity contribution is -0.486. The molecule has 3 rings (SSSR count). The highest BCUT2D eigenvalue weighted by molar-refractivity contribution is 6.04. The Morgan fingerprint density at radius 3 is 2.04 bits per heavy atom. The zero-order valence-electron chi connectivity index (χ0n) is 16.4. The van der Waals surface area contributed by atoms with Gasteiger partial charge in [-0.3, -0.25) is 0 Å². The third-order valence-electron chi connectivity index (χ3n) is 5.03. The lowest BCUT2D eigenvalue weighted by Gasteiger charge is -2.22. The average molecular weight is 345 g/mol. The summed E-state index contributed by atoms with van der Waals surface area (Å²) >= 11 is 0. The second-order valence-corrected chi connectivity index (χ2v) is 7.09. The number of benzene rings is 2. The molecule has 0 saturated heterocycles. The maximum absolute atomic E-state index is 7.79. The van der Waals surface area contributed by atoms with Crippen LogP contribution in [0.1, 0.15) is 40.3 Å². The predicted octanol–water partition coefficient (Wildman–Crippen LogP) is 5.61. The van der Waals surface area contributed by atoms with E-state index in [1.54, 1.807) is 0 Å². The molecule has 132 valence electrons. The number of hydrogen-bond acceptors (Lipinski definition) is 1. The zero-order chi connectivity index (χ0) is 19.0. The van der Waals surface area contributed by atoms with Crippen molar-refractivity contribution in [2.24, 2.45) is 0 Å². The number of hydrogen-bond donors (Lipinski definition) is 0. The first kappa shape index (κ1) is 17.9. The Labute approximate surface area is 156 Å². The minimum absolute atomic E-state index is 0.415. The number of nitrogens with zero attached hydrogens (tertiary/aromatic N) is 2. The SMILES string of the molecule is [C-]#[N+]C1=C(c2c(C)cc(C)cc2C)OC[N+](c2c(C)cccc2C)=C1C. The minimum atomic E-state index is 0.415. The molecule has 3 heteroatoms. The van der Waals surface area contributed by atoms with Gasteiger partial charge >= 0.3 is 0 Å². The Balaban J connectivity index is 2.25. The number of aryl methyl sites for hydroxylation is 5. The predicted molar refractivity (Wildman–Crippen MR) is 107 cm³/mol. The van der Waals surface area contributed by atoms with E-state index in [9.17, 15) is 0 Å². The molecule has 0 amide bonds. The van der Waals surface area contributed by atoms with E-state index in [0.717, 1.165) is 28.1 Å². The quantitative estimate of drug-likeness (QED) is 0.510. The first-order chi connectivity index (χ1) is 12.3. The summed E-state index contributed by atoms with van der Waals surface area (Å²) in [6.07, 6.45) is 0. The largest absolute Gasteiger partial charge is 0.446 e. The van der Waals surface area contributed by atoms with Crippen molar-refractivity contribution in [3.05, 3.63) is 80.8 Å². The van der Waals surface area contributed by atoms with Crippen molar-refractivity contribution in [1.29, 1.82) is 0 Å². The molecule has 2 aromatic carbocycles. The van der Waals surface area contributed by atoms with Crippen molar-refractivity contribution >= 4 is 17.2 Å². The molecule has 0 saturated carbocycles. The maximum Gasteiger partial charge on any atom is 0.293 e. The fourth-order valence-electron chi connectivity index (χ4n) is 3.91. The Hall–Kier alpha value is -2.86. The molecule has 0 fully saturated rings. The maximum atomic E-state index is 7.79. The van der Waals surface area contributed by atoms with E-state index in [2.05, 4.69) is 74.4 Å². The number of para-hydroxylation sites is 1. The van der Waals surface area contributed by atoms with Crippen LogP contribution < -0.4 is 0 Å². The molecule has 0 aromatic heterocycles. The lowest BCUT2D eigenvalue weighted by Crippen LogP contribution is -2.26. The molecule has 1 aliphatic heterocycles. The fraction of sp³-hybridized carbons (Fsp3) is 0.304. The van der Waals surface area contributed by atoms with Crippen LogP contribution in [0.4, 0.5) is 5.69 Å². The van der Waals surface area contributed by atoms with Crippen LogP contribution in [0.25, 0.3) is 10.6 Å². The molecule has 0 atom stereocenters. The van der Waals surface area contributed by atoms with Crippen molar-refractivity contribution in [2.45, 2.75) is 41.5 Å². The van der Waals surface area contributed by atoms with Crippen LogP contribution in [-0.2, 0) is 4.74 Å². The molecule has 2 aromatic rings. The van der Waals surface area contributed by atoms with E-state index in [1.807, 2.05) is 6.92 Å². The van der Waals surface area contributed by atoms with Crippen molar-refractivity contribution in [2.75, 3.05) is 6.73 Å². The van der Waals surface area contributed by atoms with Gasteiger partial charge in [0.15, 0.2) is 5.71 Å². The molecular formula is C23H25N2O+. The summed E-state index contributed by atoms with van der Waals surface area (Å²) < 4.78 is 8.30. The van der Waals surface area contributed by atoms with Gasteiger partial charge in [-0.05, 0) is 45.7 Å². The summed E-state index contributed by atoms with van der Waals surface area (Å²) in [4.78, 5) is 3.85. The highest BCUT2D eigenvalue weighted by Gasteiger charge is 2.32. The molecule has 0 spiro atoms. The van der Waals surface area contributed by atoms with Gasteiger partial charge in [-0.1, -0.05) is 35.9 Å². The normalized spacial score (nSPS) is 14.3. The zero-order valence-corrected chi connectivity index (χ0v) is 16.4. The van der Waals surface area contributed by atoms with Crippen molar-refractivity contribution in [3.63, 3.8) is 0 Å². The molecule has 0 bridgehead atoms. The van der Waals surface area contributed by atoms with Crippen LogP contribution in [-0.4, -0.2) is 17.0 Å². The smallest absolute Gasteiger partial charge is 0.293 e. The first-order valence-electron chi connectivity index (χ1n) is 8.85. The van der Waals surface area contributed by atoms with Gasteiger partial charge in [0.25, 0.3) is 12.4 Å². The van der Waals surface area contributed by atoms with Crippen LogP contribution in [0.2, 0.25) is 0 Å². The lowest BCUT2D eigenvalue weighted by atomic mass is 9.96. The van der Waals surface area contributed by atoms with Crippen LogP contribution in [0.3, 0.4) is 0 Å². The standard InChI is InChI=1S/C23H25N2O/c1-14-11-17(4)20(18(5)12-14)23-21(24-7)19(6)25(13-26-23)22-15(2)9-8-10-16(22)3/h8-12H,13H2,1-6H3/q+1. The monoisotopic (exact) mass is 345 g/mol. The van der Waals surface area contributed by atoms with E-state index in [0.29, 0.717) is 18.2 Å². The molecule has 1 aliphatic rings. The summed E-state index contributed by atoms with van der Waals surface area (Å²) in [5, 5.41) is 0. The van der Waals surface area contributed by atoms with Crippen molar-refractivity contribution < 1.29 is 9.31 Å². The van der Waals surface area contributed by atoms with Crippen LogP contribution in [0, 0.1) is 41.2 Å². The molecule has 0 unspecified atom stereocenters. The molecule has 0 radical (unpaired) electrons. The molecular weight excluding hydrogens is 320 g/mol. The number of ether oxygens (including phenoxy) is 1. The van der Waals surface area contributed by atoms with E-state index in [4.69, 9.17) is 11.3 Å². The van der Waals surface area contributed by atoms with Gasteiger partial charge in [0.2, 0.25) is 5.69 Å². The topological polar surface area (TPSA) is 16.6 Å². The molecule has 0 N–H and O–H groups in total. The third kappa shape index (κ3) is 2.93. The van der Waals surface area contributed by atoms with Crippen molar-refractivity contribution in [1.82, 2.24) is 0 Å². The third-order valence-corrected chi connectivity index (χ3v) is 5.03. The second kappa shape index (κ2) is 6.80. The molecule has 26 heavy (non-hydrogen) atoms. The molecule has 0 aliphatic carbocycles. The van der Waals surface area contributed by atoms with Gasteiger partial charge in [0, 0.05) is 23.6 Å². The highest BCUT2D eigenvalue weighted by atomic mass is 16.5. The Morgan fingerprint density at radius 1 is 0.923 bits per heavy atom. The van der Waals surface area contributed by atoms with E-state index in [1.165, 1.54) is 16.7 Å². The van der Waals surface area contributed by atoms with Gasteiger partial charge in [-0.15, -0.1) is 0 Å². The number of allylic oxidation sites excluding steroid dienone is 1. The van der Waals surface area contributed by atoms with Gasteiger partial charge in [0.1, 0.15) is 5.76 Å². The Kier molecular flexibility index (Phi) is 4.70. The van der Waals surface area contributed by atoms with Gasteiger partial charge < -0.3 is 4.74 Å². The van der Waals surface area contributed by atoms with Crippen LogP contribution in [0.15, 0.2) is 36.0 Å². The highest BCUT2D eigenvalue weighted by Crippen LogP contribution is 2.34. The first-order valence-corrected chi connectivity index (χ1v) is 8.85. The van der Waals surface area contributed by atoms with E-state index >= 15 is 0 Å². The molecule has 1 heterocycles. The van der Waals surface area contributed by atoms with Gasteiger partial charge in [0.05, 0.1) is 6.57 Å². The molecule has 3 nitrogen and oxygen atoms in total. The summed E-state index contributed by atoms with van der Waals surface area (Å²) in [6.45, 7) is 20.7. The van der Waals surface area contributed by atoms with E-state index < -0.39 is 0 Å². The summed E-state index contributed by atoms with van der Waals surface area (Å²) in [5.41, 5.74) is 9.59. The van der Waals surface area contributed by atoms with Crippen LogP contribution >= 0.6 is 0 Å². The Morgan fingerprint density at radius 2 is 1.50 bits per heavy atom. The van der Waals surface area contributed by atoms with E-state index in [-0.39, 0.29) is 0 Å². The van der Waals surface area contributed by atoms with Gasteiger partial charge in [-0.25, -0.2) is 4.85 Å². The fourth-order valence-corrected chi connectivity index (χ4v) is 3.91. The Bertz CT molecular complexity index is 960. The minimum Gasteiger partial charge on any atom is -0.446 e. The van der Waals surface area contributed by atoms with Crippen molar-refractivity contribution in [3.8, 4) is 0 Å². The average Bonchev–Trinajstić information content (AvgIpc) is 2.55. The summed E-state index contributed by atoms with van der Waals surface area (Å²) in [6, 6.07) is 10.5. The number of rotatable bonds is 2. The summed E-state index contributed by atoms with van der Waals surface area (Å²) in [7, 11) is 0. The van der Waals surface area contributed by atoms with Gasteiger partial charge in [-0.2, -0.15) is 4.58 Å². The van der Waals surface area contributed by atoms with Crippen LogP contribution in [0.5, 0.6) is 0 Å².